The van der Waals surface area contributed by atoms with Gasteiger partial charge in [0.25, 0.3) is 0 Å². The van der Waals surface area contributed by atoms with E-state index in [4.69, 9.17) is 9.72 Å². The third kappa shape index (κ3) is 5.38. The van der Waals surface area contributed by atoms with Crippen LogP contribution < -0.4 is 19.4 Å². The van der Waals surface area contributed by atoms with Crippen molar-refractivity contribution < 1.29 is 9.84 Å². The van der Waals surface area contributed by atoms with Crippen molar-refractivity contribution in [3.63, 3.8) is 0 Å². The Kier molecular flexibility index (Phi) is 8.45. The lowest BCUT2D eigenvalue weighted by molar-refractivity contribution is 0.246. The van der Waals surface area contributed by atoms with E-state index in [1.165, 1.54) is 5.69 Å². The van der Waals surface area contributed by atoms with Crippen molar-refractivity contribution in [3.05, 3.63) is 35.9 Å². The first-order valence-corrected chi connectivity index (χ1v) is 11.9. The molecule has 1 aromatic carbocycles. The Balaban J connectivity index is 1.77. The summed E-state index contributed by atoms with van der Waals surface area (Å²) >= 11 is 0. The smallest absolute Gasteiger partial charge is 0.154 e. The second kappa shape index (κ2) is 11.3. The van der Waals surface area contributed by atoms with Crippen LogP contribution in [-0.2, 0) is 6.54 Å². The molecule has 7 nitrogen and oxygen atoms in total. The van der Waals surface area contributed by atoms with Gasteiger partial charge in [-0.2, -0.15) is 0 Å². The fourth-order valence-corrected chi connectivity index (χ4v) is 4.37. The molecule has 1 fully saturated rings. The summed E-state index contributed by atoms with van der Waals surface area (Å²) in [5, 5.41) is 10.3. The molecule has 0 radical (unpaired) electrons. The third-order valence-electron chi connectivity index (χ3n) is 6.38. The molecule has 0 amide bonds. The maximum Gasteiger partial charge on any atom is 0.154 e. The molecule has 0 aliphatic carbocycles. The van der Waals surface area contributed by atoms with Gasteiger partial charge in [-0.3, -0.25) is 4.90 Å². The number of nitrogens with zero attached hydrogens (tertiary/aromatic N) is 5. The molecule has 3 rings (SSSR count). The molecule has 0 atom stereocenters. The van der Waals surface area contributed by atoms with Gasteiger partial charge in [-0.25, -0.2) is 4.98 Å². The molecule has 2 heterocycles. The first kappa shape index (κ1) is 24.0. The average Bonchev–Trinajstić information content (AvgIpc) is 2.83. The molecule has 1 aliphatic heterocycles. The van der Waals surface area contributed by atoms with E-state index in [2.05, 4.69) is 59.4 Å². The van der Waals surface area contributed by atoms with Gasteiger partial charge >= 0.3 is 0 Å². The number of methoxy groups -OCH3 is 1. The van der Waals surface area contributed by atoms with Crippen molar-refractivity contribution in [2.75, 3.05) is 74.2 Å². The Bertz CT molecular complexity index is 859. The van der Waals surface area contributed by atoms with Crippen LogP contribution in [-0.4, -0.2) is 74.5 Å². The highest BCUT2D eigenvalue weighted by Crippen LogP contribution is 2.32. The number of ether oxygens (including phenoxy) is 1. The molecule has 1 aliphatic rings. The second-order valence-corrected chi connectivity index (χ2v) is 8.11. The molecule has 1 aromatic heterocycles. The highest BCUT2D eigenvalue weighted by atomic mass is 16.5. The van der Waals surface area contributed by atoms with Crippen LogP contribution in [0.5, 0.6) is 11.5 Å². The monoisotopic (exact) mass is 441 g/mol. The fourth-order valence-electron chi connectivity index (χ4n) is 4.37. The number of pyridine rings is 1. The van der Waals surface area contributed by atoms with Gasteiger partial charge in [0.1, 0.15) is 17.3 Å². The number of hydrogen-bond acceptors (Lipinski definition) is 7. The van der Waals surface area contributed by atoms with Gasteiger partial charge in [-0.1, -0.05) is 0 Å². The number of rotatable bonds is 10. The maximum atomic E-state index is 10.3. The van der Waals surface area contributed by atoms with Crippen molar-refractivity contribution in [1.82, 2.24) is 9.88 Å². The number of phenolic OH excluding ortho intramolecular Hbond substituents is 1. The zero-order valence-electron chi connectivity index (χ0n) is 20.3. The van der Waals surface area contributed by atoms with E-state index in [9.17, 15) is 5.11 Å². The summed E-state index contributed by atoms with van der Waals surface area (Å²) in [6.45, 7) is 17.0. The normalized spacial score (nSPS) is 14.5. The summed E-state index contributed by atoms with van der Waals surface area (Å²) in [7, 11) is 1.65. The number of benzene rings is 1. The van der Waals surface area contributed by atoms with Gasteiger partial charge in [0.2, 0.25) is 0 Å². The molecule has 0 spiro atoms. The van der Waals surface area contributed by atoms with Crippen molar-refractivity contribution in [3.8, 4) is 11.5 Å². The highest BCUT2D eigenvalue weighted by molar-refractivity contribution is 5.70. The van der Waals surface area contributed by atoms with Gasteiger partial charge in [-0.15, -0.1) is 0 Å². The Hall–Kier alpha value is -2.67. The standard InChI is InChI=1S/C25H39N5O2/c1-6-28(7-2)22-11-13-24(29(8-3)9-4)26-25(22)30-16-14-27(15-17-30)19-20-18-21(32-5)10-12-23(20)31/h10-13,18,31H,6-9,14-17,19H2,1-5H3. The maximum absolute atomic E-state index is 10.3. The van der Waals surface area contributed by atoms with Crippen LogP contribution in [0, 0.1) is 0 Å². The van der Waals surface area contributed by atoms with Crippen LogP contribution in [0.25, 0.3) is 0 Å². The minimum absolute atomic E-state index is 0.325. The van der Waals surface area contributed by atoms with E-state index in [1.807, 2.05) is 6.07 Å². The van der Waals surface area contributed by atoms with E-state index < -0.39 is 0 Å². The van der Waals surface area contributed by atoms with Gasteiger partial charge in [-0.05, 0) is 58.0 Å². The number of hydrogen-bond donors (Lipinski definition) is 1. The first-order chi connectivity index (χ1) is 15.5. The highest BCUT2D eigenvalue weighted by Gasteiger charge is 2.24. The lowest BCUT2D eigenvalue weighted by Crippen LogP contribution is -2.47. The lowest BCUT2D eigenvalue weighted by atomic mass is 10.1. The minimum atomic E-state index is 0.325. The second-order valence-electron chi connectivity index (χ2n) is 8.11. The Morgan fingerprint density at radius 3 is 2.16 bits per heavy atom. The van der Waals surface area contributed by atoms with E-state index in [1.54, 1.807) is 19.2 Å². The van der Waals surface area contributed by atoms with Gasteiger partial charge in [0.15, 0.2) is 5.82 Å². The molecule has 7 heteroatoms. The van der Waals surface area contributed by atoms with Crippen molar-refractivity contribution in [1.29, 1.82) is 0 Å². The molecule has 2 aromatic rings. The molecule has 0 bridgehead atoms. The SMILES string of the molecule is CCN(CC)c1ccc(N(CC)CC)c(N2CCN(Cc3cc(OC)ccc3O)CC2)n1. The quantitative estimate of drug-likeness (QED) is 0.602. The van der Waals surface area contributed by atoms with Crippen LogP contribution in [0.2, 0.25) is 0 Å². The van der Waals surface area contributed by atoms with E-state index >= 15 is 0 Å². The largest absolute Gasteiger partial charge is 0.508 e. The topological polar surface area (TPSA) is 55.3 Å². The van der Waals surface area contributed by atoms with E-state index in [-0.39, 0.29) is 0 Å². The number of piperazine rings is 1. The summed E-state index contributed by atoms with van der Waals surface area (Å²) < 4.78 is 5.32. The van der Waals surface area contributed by atoms with Crippen LogP contribution in [0.15, 0.2) is 30.3 Å². The van der Waals surface area contributed by atoms with Crippen molar-refractivity contribution in [2.45, 2.75) is 34.2 Å². The fraction of sp³-hybridized carbons (Fsp3) is 0.560. The molecule has 1 N–H and O–H groups in total. The zero-order valence-corrected chi connectivity index (χ0v) is 20.3. The third-order valence-corrected chi connectivity index (χ3v) is 6.38. The van der Waals surface area contributed by atoms with Crippen molar-refractivity contribution in [2.24, 2.45) is 0 Å². The Morgan fingerprint density at radius 1 is 0.906 bits per heavy atom. The lowest BCUT2D eigenvalue weighted by Gasteiger charge is -2.38. The van der Waals surface area contributed by atoms with Gasteiger partial charge in [0.05, 0.1) is 12.8 Å². The molecule has 0 unspecified atom stereocenters. The molecule has 1 saturated heterocycles. The van der Waals surface area contributed by atoms with E-state index in [0.717, 1.165) is 75.3 Å². The average molecular weight is 442 g/mol. The summed E-state index contributed by atoms with van der Waals surface area (Å²) in [6.07, 6.45) is 0. The molecule has 0 saturated carbocycles. The Morgan fingerprint density at radius 2 is 1.56 bits per heavy atom. The summed E-state index contributed by atoms with van der Waals surface area (Å²) in [6, 6.07) is 9.83. The zero-order chi connectivity index (χ0) is 23.1. The number of aromatic hydroxyl groups is 1. The summed E-state index contributed by atoms with van der Waals surface area (Å²) in [4.78, 5) is 14.6. The number of phenols is 1. The first-order valence-electron chi connectivity index (χ1n) is 11.9. The predicted octanol–water partition coefficient (Wildman–Crippen LogP) is 3.81. The number of aromatic nitrogens is 1. The van der Waals surface area contributed by atoms with E-state index in [0.29, 0.717) is 12.3 Å². The van der Waals surface area contributed by atoms with Crippen LogP contribution in [0.1, 0.15) is 33.3 Å². The van der Waals surface area contributed by atoms with Crippen LogP contribution in [0.3, 0.4) is 0 Å². The molecular weight excluding hydrogens is 402 g/mol. The van der Waals surface area contributed by atoms with Gasteiger partial charge < -0.3 is 24.5 Å². The molecular formula is C25H39N5O2. The summed E-state index contributed by atoms with van der Waals surface area (Å²) in [5.41, 5.74) is 2.12. The van der Waals surface area contributed by atoms with Crippen LogP contribution >= 0.6 is 0 Å². The Labute approximate surface area is 193 Å². The minimum Gasteiger partial charge on any atom is -0.508 e. The molecule has 32 heavy (non-hydrogen) atoms. The predicted molar refractivity (Wildman–Crippen MR) is 134 cm³/mol. The van der Waals surface area contributed by atoms with Crippen LogP contribution in [0.4, 0.5) is 17.3 Å². The number of anilines is 3. The molecule has 176 valence electrons. The van der Waals surface area contributed by atoms with Gasteiger partial charge in [0, 0.05) is 64.5 Å². The summed E-state index contributed by atoms with van der Waals surface area (Å²) in [5.74, 6) is 3.23. The van der Waals surface area contributed by atoms with Crippen molar-refractivity contribution >= 4 is 17.3 Å².